The van der Waals surface area contributed by atoms with Crippen LogP contribution in [0.2, 0.25) is 0 Å². The van der Waals surface area contributed by atoms with E-state index in [0.29, 0.717) is 0 Å². The predicted octanol–water partition coefficient (Wildman–Crippen LogP) is 2.70. The second-order valence-corrected chi connectivity index (χ2v) is 5.28. The van der Waals surface area contributed by atoms with Crippen LogP contribution in [0.5, 0.6) is 0 Å². The standard InChI is InChI=1S/C11H24O2S/c1-11(2,13-3)8-7-10(12)6-5-9-14-4/h10,12H,5-9H2,1-4H3. The number of rotatable bonds is 8. The van der Waals surface area contributed by atoms with E-state index in [2.05, 4.69) is 20.1 Å². The first kappa shape index (κ1) is 14.3. The van der Waals surface area contributed by atoms with Crippen LogP contribution in [0.1, 0.15) is 39.5 Å². The average Bonchev–Trinajstić information content (AvgIpc) is 2.16. The fourth-order valence-electron chi connectivity index (χ4n) is 1.22. The Bertz CT molecular complexity index is 137. The van der Waals surface area contributed by atoms with Gasteiger partial charge in [0.1, 0.15) is 0 Å². The van der Waals surface area contributed by atoms with Gasteiger partial charge in [-0.2, -0.15) is 11.8 Å². The summed E-state index contributed by atoms with van der Waals surface area (Å²) in [7, 11) is 1.72. The summed E-state index contributed by atoms with van der Waals surface area (Å²) in [5.41, 5.74) is -0.0967. The highest BCUT2D eigenvalue weighted by atomic mass is 32.2. The van der Waals surface area contributed by atoms with Gasteiger partial charge in [-0.25, -0.2) is 0 Å². The summed E-state index contributed by atoms with van der Waals surface area (Å²) in [6, 6.07) is 0. The van der Waals surface area contributed by atoms with Crippen LogP contribution in [0.4, 0.5) is 0 Å². The number of thioether (sulfide) groups is 1. The lowest BCUT2D eigenvalue weighted by atomic mass is 9.98. The van der Waals surface area contributed by atoms with Gasteiger partial charge in [0.25, 0.3) is 0 Å². The molecule has 0 saturated carbocycles. The third-order valence-electron chi connectivity index (χ3n) is 2.52. The predicted molar refractivity (Wildman–Crippen MR) is 63.9 cm³/mol. The van der Waals surface area contributed by atoms with Crippen molar-refractivity contribution < 1.29 is 9.84 Å². The van der Waals surface area contributed by atoms with Crippen molar-refractivity contribution in [1.82, 2.24) is 0 Å². The van der Waals surface area contributed by atoms with E-state index < -0.39 is 0 Å². The minimum Gasteiger partial charge on any atom is -0.393 e. The summed E-state index contributed by atoms with van der Waals surface area (Å²) in [6.07, 6.45) is 5.73. The Morgan fingerprint density at radius 2 is 2.00 bits per heavy atom. The maximum atomic E-state index is 9.67. The van der Waals surface area contributed by atoms with Crippen LogP contribution >= 0.6 is 11.8 Å². The van der Waals surface area contributed by atoms with Crippen LogP contribution in [-0.2, 0) is 4.74 Å². The highest BCUT2D eigenvalue weighted by Gasteiger charge is 2.17. The summed E-state index contributed by atoms with van der Waals surface area (Å²) in [5, 5.41) is 9.67. The van der Waals surface area contributed by atoms with Crippen molar-refractivity contribution >= 4 is 11.8 Å². The number of ether oxygens (including phenoxy) is 1. The summed E-state index contributed by atoms with van der Waals surface area (Å²) in [5.74, 6) is 1.14. The van der Waals surface area contributed by atoms with Crippen molar-refractivity contribution in [1.29, 1.82) is 0 Å². The Balaban J connectivity index is 3.48. The average molecular weight is 220 g/mol. The van der Waals surface area contributed by atoms with Gasteiger partial charge in [-0.3, -0.25) is 0 Å². The minimum absolute atomic E-state index is 0.0967. The van der Waals surface area contributed by atoms with Crippen molar-refractivity contribution in [3.05, 3.63) is 0 Å². The van der Waals surface area contributed by atoms with Crippen molar-refractivity contribution in [2.75, 3.05) is 19.1 Å². The molecule has 3 heteroatoms. The van der Waals surface area contributed by atoms with E-state index in [1.54, 1.807) is 7.11 Å². The molecule has 0 saturated heterocycles. The lowest BCUT2D eigenvalue weighted by Crippen LogP contribution is -2.24. The molecule has 0 rings (SSSR count). The molecule has 0 spiro atoms. The lowest BCUT2D eigenvalue weighted by Gasteiger charge is -2.24. The summed E-state index contributed by atoms with van der Waals surface area (Å²) in [6.45, 7) is 4.11. The van der Waals surface area contributed by atoms with Gasteiger partial charge < -0.3 is 9.84 Å². The molecule has 0 aromatic rings. The number of hydrogen-bond acceptors (Lipinski definition) is 3. The molecule has 1 atom stereocenters. The third-order valence-corrected chi connectivity index (χ3v) is 3.21. The van der Waals surface area contributed by atoms with Crippen LogP contribution in [0.15, 0.2) is 0 Å². The van der Waals surface area contributed by atoms with Gasteiger partial charge in [0.15, 0.2) is 0 Å². The smallest absolute Gasteiger partial charge is 0.0623 e. The molecular formula is C11H24O2S. The Hall–Kier alpha value is 0.270. The van der Waals surface area contributed by atoms with Crippen molar-refractivity contribution in [3.63, 3.8) is 0 Å². The first-order valence-electron chi connectivity index (χ1n) is 5.24. The number of aliphatic hydroxyl groups is 1. The summed E-state index contributed by atoms with van der Waals surface area (Å²) < 4.78 is 5.30. The quantitative estimate of drug-likeness (QED) is 0.638. The Kier molecular flexibility index (Phi) is 7.69. The van der Waals surface area contributed by atoms with E-state index in [1.165, 1.54) is 0 Å². The zero-order chi connectivity index (χ0) is 11.0. The number of aliphatic hydroxyl groups excluding tert-OH is 1. The van der Waals surface area contributed by atoms with E-state index >= 15 is 0 Å². The van der Waals surface area contributed by atoms with E-state index in [9.17, 15) is 5.11 Å². The SMILES string of the molecule is COC(C)(C)CCC(O)CCCSC. The highest BCUT2D eigenvalue weighted by molar-refractivity contribution is 7.98. The molecule has 14 heavy (non-hydrogen) atoms. The molecule has 0 bridgehead atoms. The summed E-state index contributed by atoms with van der Waals surface area (Å²) >= 11 is 1.84. The van der Waals surface area contributed by atoms with Gasteiger partial charge in [0.05, 0.1) is 11.7 Å². The second kappa shape index (κ2) is 7.55. The molecule has 0 aliphatic rings. The van der Waals surface area contributed by atoms with Gasteiger partial charge in [0.2, 0.25) is 0 Å². The fraction of sp³-hybridized carbons (Fsp3) is 1.00. The Labute approximate surface area is 92.4 Å². The van der Waals surface area contributed by atoms with Gasteiger partial charge in [0, 0.05) is 7.11 Å². The highest BCUT2D eigenvalue weighted by Crippen LogP contribution is 2.18. The molecule has 0 aromatic heterocycles. The minimum atomic E-state index is -0.156. The molecule has 0 amide bonds. The normalized spacial score (nSPS) is 14.4. The number of hydrogen-bond donors (Lipinski definition) is 1. The van der Waals surface area contributed by atoms with Gasteiger partial charge in [-0.15, -0.1) is 0 Å². The molecule has 0 heterocycles. The first-order chi connectivity index (χ1) is 6.52. The molecule has 1 N–H and O–H groups in total. The van der Waals surface area contributed by atoms with Crippen molar-refractivity contribution in [2.24, 2.45) is 0 Å². The molecular weight excluding hydrogens is 196 g/mol. The van der Waals surface area contributed by atoms with Gasteiger partial charge >= 0.3 is 0 Å². The zero-order valence-electron chi connectivity index (χ0n) is 9.88. The van der Waals surface area contributed by atoms with Crippen LogP contribution in [0, 0.1) is 0 Å². The molecule has 86 valence electrons. The Morgan fingerprint density at radius 1 is 1.36 bits per heavy atom. The Morgan fingerprint density at radius 3 is 2.50 bits per heavy atom. The fourth-order valence-corrected chi connectivity index (χ4v) is 1.68. The van der Waals surface area contributed by atoms with E-state index in [-0.39, 0.29) is 11.7 Å². The van der Waals surface area contributed by atoms with Crippen LogP contribution < -0.4 is 0 Å². The van der Waals surface area contributed by atoms with Crippen molar-refractivity contribution in [3.8, 4) is 0 Å². The maximum Gasteiger partial charge on any atom is 0.0623 e. The second-order valence-electron chi connectivity index (χ2n) is 4.29. The molecule has 0 radical (unpaired) electrons. The largest absolute Gasteiger partial charge is 0.393 e. The van der Waals surface area contributed by atoms with Crippen LogP contribution in [0.3, 0.4) is 0 Å². The molecule has 2 nitrogen and oxygen atoms in total. The van der Waals surface area contributed by atoms with E-state index in [4.69, 9.17) is 4.74 Å². The van der Waals surface area contributed by atoms with Gasteiger partial charge in [-0.1, -0.05) is 0 Å². The van der Waals surface area contributed by atoms with E-state index in [1.807, 2.05) is 11.8 Å². The number of methoxy groups -OCH3 is 1. The zero-order valence-corrected chi connectivity index (χ0v) is 10.7. The molecule has 0 fully saturated rings. The monoisotopic (exact) mass is 220 g/mol. The lowest BCUT2D eigenvalue weighted by molar-refractivity contribution is 0.00224. The van der Waals surface area contributed by atoms with Crippen molar-refractivity contribution in [2.45, 2.75) is 51.2 Å². The molecule has 1 unspecified atom stereocenters. The van der Waals surface area contributed by atoms with E-state index in [0.717, 1.165) is 31.4 Å². The maximum absolute atomic E-state index is 9.67. The molecule has 0 aromatic carbocycles. The van der Waals surface area contributed by atoms with Crippen LogP contribution in [0.25, 0.3) is 0 Å². The van der Waals surface area contributed by atoms with Gasteiger partial charge in [-0.05, 0) is 51.5 Å². The topological polar surface area (TPSA) is 29.5 Å². The molecule has 0 aliphatic carbocycles. The third kappa shape index (κ3) is 7.65. The summed E-state index contributed by atoms with van der Waals surface area (Å²) in [4.78, 5) is 0. The van der Waals surface area contributed by atoms with Crippen LogP contribution in [-0.4, -0.2) is 35.9 Å². The first-order valence-corrected chi connectivity index (χ1v) is 6.63. The molecule has 0 aliphatic heterocycles.